The summed E-state index contributed by atoms with van der Waals surface area (Å²) in [5, 5.41) is 9.02. The lowest BCUT2D eigenvalue weighted by atomic mass is 10.1. The summed E-state index contributed by atoms with van der Waals surface area (Å²) in [4.78, 5) is 24.4. The third-order valence-electron chi connectivity index (χ3n) is 3.06. The average molecular weight is 293 g/mol. The van der Waals surface area contributed by atoms with Gasteiger partial charge in [0.1, 0.15) is 0 Å². The molecule has 0 heterocycles. The molecule has 0 saturated carbocycles. The number of rotatable bonds is 8. The molecule has 5 heteroatoms. The number of benzene rings is 1. The summed E-state index contributed by atoms with van der Waals surface area (Å²) in [6, 6.07) is 6.89. The predicted molar refractivity (Wildman–Crippen MR) is 80.1 cm³/mol. The maximum atomic E-state index is 11.3. The minimum Gasteiger partial charge on any atom is -0.478 e. The summed E-state index contributed by atoms with van der Waals surface area (Å²) in [7, 11) is 1.38. The third kappa shape index (κ3) is 6.40. The van der Waals surface area contributed by atoms with Crippen molar-refractivity contribution in [1.82, 2.24) is 4.90 Å². The molecule has 0 bridgehead atoms. The smallest absolute Gasteiger partial charge is 0.335 e. The second kappa shape index (κ2) is 8.42. The standard InChI is InChI=1S/C16H23NO4/c1-12(2)10-17(8-7-15(18)21-3)11-13-5-4-6-14(9-13)16(19)20/h4-6,9,12H,7-8,10-11H2,1-3H3,(H,19,20). The highest BCUT2D eigenvalue weighted by atomic mass is 16.5. The maximum Gasteiger partial charge on any atom is 0.335 e. The summed E-state index contributed by atoms with van der Waals surface area (Å²) in [6.07, 6.45) is 0.335. The van der Waals surface area contributed by atoms with Crippen molar-refractivity contribution in [1.29, 1.82) is 0 Å². The SMILES string of the molecule is COC(=O)CCN(Cc1cccc(C(=O)O)c1)CC(C)C. The molecule has 21 heavy (non-hydrogen) atoms. The largest absolute Gasteiger partial charge is 0.478 e. The molecule has 1 rings (SSSR count). The molecule has 1 N–H and O–H groups in total. The molecule has 0 unspecified atom stereocenters. The van der Waals surface area contributed by atoms with E-state index in [2.05, 4.69) is 23.5 Å². The van der Waals surface area contributed by atoms with E-state index in [9.17, 15) is 9.59 Å². The van der Waals surface area contributed by atoms with E-state index in [1.54, 1.807) is 18.2 Å². The number of aromatic carboxylic acids is 1. The Hall–Kier alpha value is -1.88. The van der Waals surface area contributed by atoms with Gasteiger partial charge in [-0.1, -0.05) is 26.0 Å². The number of hydrogen-bond donors (Lipinski definition) is 1. The summed E-state index contributed by atoms with van der Waals surface area (Å²) in [6.45, 7) is 6.28. The molecular weight excluding hydrogens is 270 g/mol. The number of carboxylic acids is 1. The summed E-state index contributed by atoms with van der Waals surface area (Å²) in [5.41, 5.74) is 1.21. The van der Waals surface area contributed by atoms with Crippen LogP contribution in [0.4, 0.5) is 0 Å². The van der Waals surface area contributed by atoms with Gasteiger partial charge in [0, 0.05) is 19.6 Å². The number of carboxylic acid groups (broad SMARTS) is 1. The van der Waals surface area contributed by atoms with Gasteiger partial charge >= 0.3 is 11.9 Å². The molecule has 0 aliphatic heterocycles. The van der Waals surface area contributed by atoms with E-state index in [-0.39, 0.29) is 11.5 Å². The van der Waals surface area contributed by atoms with Crippen LogP contribution in [0.15, 0.2) is 24.3 Å². The van der Waals surface area contributed by atoms with Crippen LogP contribution in [0.2, 0.25) is 0 Å². The molecule has 0 atom stereocenters. The van der Waals surface area contributed by atoms with Crippen LogP contribution in [0.3, 0.4) is 0 Å². The fraction of sp³-hybridized carbons (Fsp3) is 0.500. The van der Waals surface area contributed by atoms with Gasteiger partial charge in [0.05, 0.1) is 19.1 Å². The van der Waals surface area contributed by atoms with Gasteiger partial charge in [-0.15, -0.1) is 0 Å². The van der Waals surface area contributed by atoms with E-state index in [4.69, 9.17) is 5.11 Å². The molecule has 0 aromatic heterocycles. The molecule has 0 spiro atoms. The first-order valence-corrected chi connectivity index (χ1v) is 7.03. The molecular formula is C16H23NO4. The fourth-order valence-corrected chi connectivity index (χ4v) is 2.16. The average Bonchev–Trinajstić information content (AvgIpc) is 2.44. The van der Waals surface area contributed by atoms with Crippen LogP contribution in [0.25, 0.3) is 0 Å². The molecule has 0 amide bonds. The van der Waals surface area contributed by atoms with Gasteiger partial charge in [-0.25, -0.2) is 4.79 Å². The van der Waals surface area contributed by atoms with Gasteiger partial charge in [0.15, 0.2) is 0 Å². The number of hydrogen-bond acceptors (Lipinski definition) is 4. The normalized spacial score (nSPS) is 10.9. The van der Waals surface area contributed by atoms with Crippen LogP contribution < -0.4 is 0 Å². The zero-order valence-electron chi connectivity index (χ0n) is 12.8. The Bertz CT molecular complexity index is 485. The first kappa shape index (κ1) is 17.2. The van der Waals surface area contributed by atoms with E-state index in [0.29, 0.717) is 25.4 Å². The number of methoxy groups -OCH3 is 1. The van der Waals surface area contributed by atoms with Gasteiger partial charge in [-0.2, -0.15) is 0 Å². The highest BCUT2D eigenvalue weighted by molar-refractivity contribution is 5.87. The van der Waals surface area contributed by atoms with Crippen molar-refractivity contribution >= 4 is 11.9 Å². The lowest BCUT2D eigenvalue weighted by molar-refractivity contribution is -0.141. The molecule has 0 aliphatic rings. The van der Waals surface area contributed by atoms with Crippen molar-refractivity contribution in [2.75, 3.05) is 20.2 Å². The minimum absolute atomic E-state index is 0.233. The van der Waals surface area contributed by atoms with Crippen molar-refractivity contribution in [2.24, 2.45) is 5.92 Å². The molecule has 116 valence electrons. The van der Waals surface area contributed by atoms with Crippen LogP contribution in [-0.2, 0) is 16.1 Å². The zero-order chi connectivity index (χ0) is 15.8. The van der Waals surface area contributed by atoms with Crippen molar-refractivity contribution in [2.45, 2.75) is 26.8 Å². The fourth-order valence-electron chi connectivity index (χ4n) is 2.16. The third-order valence-corrected chi connectivity index (χ3v) is 3.06. The number of carbonyl (C=O) groups is 2. The van der Waals surface area contributed by atoms with E-state index in [1.807, 2.05) is 6.07 Å². The first-order chi connectivity index (χ1) is 9.92. The topological polar surface area (TPSA) is 66.8 Å². The number of ether oxygens (including phenoxy) is 1. The lowest BCUT2D eigenvalue weighted by Gasteiger charge is -2.24. The van der Waals surface area contributed by atoms with E-state index in [1.165, 1.54) is 7.11 Å². The minimum atomic E-state index is -0.929. The molecule has 1 aromatic rings. The summed E-state index contributed by atoms with van der Waals surface area (Å²) >= 11 is 0. The van der Waals surface area contributed by atoms with Crippen molar-refractivity contribution in [3.63, 3.8) is 0 Å². The molecule has 0 saturated heterocycles. The summed E-state index contributed by atoms with van der Waals surface area (Å²) in [5.74, 6) is -0.699. The second-order valence-corrected chi connectivity index (χ2v) is 5.46. The number of nitrogens with zero attached hydrogens (tertiary/aromatic N) is 1. The number of esters is 1. The van der Waals surface area contributed by atoms with Gasteiger partial charge < -0.3 is 9.84 Å². The lowest BCUT2D eigenvalue weighted by Crippen LogP contribution is -2.30. The first-order valence-electron chi connectivity index (χ1n) is 7.03. The van der Waals surface area contributed by atoms with Gasteiger partial charge in [0.25, 0.3) is 0 Å². The Labute approximate surface area is 125 Å². The van der Waals surface area contributed by atoms with Crippen LogP contribution >= 0.6 is 0 Å². The van der Waals surface area contributed by atoms with Crippen molar-refractivity contribution < 1.29 is 19.4 Å². The molecule has 0 aliphatic carbocycles. The van der Waals surface area contributed by atoms with Crippen molar-refractivity contribution in [3.05, 3.63) is 35.4 Å². The van der Waals surface area contributed by atoms with E-state index >= 15 is 0 Å². The second-order valence-electron chi connectivity index (χ2n) is 5.46. The van der Waals surface area contributed by atoms with Crippen LogP contribution in [0, 0.1) is 5.92 Å². The van der Waals surface area contributed by atoms with Crippen LogP contribution in [0.1, 0.15) is 36.2 Å². The molecule has 1 aromatic carbocycles. The Morgan fingerprint density at radius 2 is 2.05 bits per heavy atom. The van der Waals surface area contributed by atoms with Crippen LogP contribution in [0.5, 0.6) is 0 Å². The number of carbonyl (C=O) groups excluding carboxylic acids is 1. The summed E-state index contributed by atoms with van der Waals surface area (Å²) < 4.78 is 4.66. The predicted octanol–water partition coefficient (Wildman–Crippen LogP) is 2.41. The Morgan fingerprint density at radius 1 is 1.33 bits per heavy atom. The Balaban J connectivity index is 2.73. The zero-order valence-corrected chi connectivity index (χ0v) is 12.8. The van der Waals surface area contributed by atoms with Crippen LogP contribution in [-0.4, -0.2) is 42.1 Å². The van der Waals surface area contributed by atoms with Gasteiger partial charge in [-0.05, 0) is 23.6 Å². The highest BCUT2D eigenvalue weighted by Crippen LogP contribution is 2.11. The molecule has 0 radical (unpaired) electrons. The van der Waals surface area contributed by atoms with Gasteiger partial charge in [-0.3, -0.25) is 9.69 Å². The molecule has 0 fully saturated rings. The van der Waals surface area contributed by atoms with E-state index in [0.717, 1.165) is 12.1 Å². The molecule has 5 nitrogen and oxygen atoms in total. The van der Waals surface area contributed by atoms with E-state index < -0.39 is 5.97 Å². The monoisotopic (exact) mass is 293 g/mol. The Kier molecular flexibility index (Phi) is 6.88. The Morgan fingerprint density at radius 3 is 2.62 bits per heavy atom. The van der Waals surface area contributed by atoms with Gasteiger partial charge in [0.2, 0.25) is 0 Å². The maximum absolute atomic E-state index is 11.3. The highest BCUT2D eigenvalue weighted by Gasteiger charge is 2.12. The quantitative estimate of drug-likeness (QED) is 0.746. The van der Waals surface area contributed by atoms with Crippen molar-refractivity contribution in [3.8, 4) is 0 Å².